The van der Waals surface area contributed by atoms with E-state index < -0.39 is 0 Å². The number of rotatable bonds is 7. The molecular weight excluding hydrogens is 398 g/mol. The second kappa shape index (κ2) is 11.4. The number of unbranched alkanes of at least 4 members (excludes halogenated alkanes) is 1. The van der Waals surface area contributed by atoms with Gasteiger partial charge in [0.2, 0.25) is 0 Å². The normalized spacial score (nSPS) is 10.9. The van der Waals surface area contributed by atoms with Crippen LogP contribution in [-0.4, -0.2) is 62.0 Å². The number of aromatic nitrogens is 4. The van der Waals surface area contributed by atoms with Gasteiger partial charge in [0.25, 0.3) is 0 Å². The highest BCUT2D eigenvalue weighted by atomic mass is 16.7. The zero-order valence-corrected chi connectivity index (χ0v) is 18.9. The molecule has 170 valence electrons. The number of imidazole rings is 1. The largest absolute Gasteiger partial charge is 0.397 e. The fraction of sp³-hybridized carbons (Fsp3) is 0.524. The monoisotopic (exact) mass is 431 g/mol. The molecule has 2 amide bonds. The lowest BCUT2D eigenvalue weighted by Gasteiger charge is -2.21. The topological polar surface area (TPSA) is 131 Å². The summed E-state index contributed by atoms with van der Waals surface area (Å²) in [6.07, 6.45) is 3.37. The van der Waals surface area contributed by atoms with Crippen molar-refractivity contribution in [1.29, 1.82) is 0 Å². The summed E-state index contributed by atoms with van der Waals surface area (Å²) in [5.41, 5.74) is 9.24. The number of aliphatic hydroxyl groups is 1. The van der Waals surface area contributed by atoms with E-state index in [0.717, 1.165) is 41.8 Å². The number of aliphatic hydroxyl groups excluding tert-OH is 1. The number of urea groups is 1. The molecule has 3 rings (SSSR count). The maximum Gasteiger partial charge on any atom is 0.341 e. The number of amides is 2. The Morgan fingerprint density at radius 3 is 2.68 bits per heavy atom. The molecule has 0 unspecified atom stereocenters. The third-order valence-corrected chi connectivity index (χ3v) is 4.50. The van der Waals surface area contributed by atoms with Crippen molar-refractivity contribution in [1.82, 2.24) is 29.9 Å². The Kier molecular flexibility index (Phi) is 8.95. The van der Waals surface area contributed by atoms with Gasteiger partial charge in [-0.15, -0.1) is 0 Å². The Balaban J connectivity index is 0.00000107. The molecule has 3 aromatic rings. The number of anilines is 1. The van der Waals surface area contributed by atoms with Gasteiger partial charge >= 0.3 is 6.03 Å². The SMILES string of the molecule is CCO.CON(CCCCn1c(C)nc2c(N)nc3cccnc3c21)C(=O)NC(C)C. The van der Waals surface area contributed by atoms with Gasteiger partial charge < -0.3 is 20.7 Å². The Hall–Kier alpha value is -2.98. The molecule has 0 radical (unpaired) electrons. The van der Waals surface area contributed by atoms with Crippen molar-refractivity contribution in [2.75, 3.05) is 26.0 Å². The summed E-state index contributed by atoms with van der Waals surface area (Å²) < 4.78 is 2.12. The molecule has 0 saturated heterocycles. The molecule has 3 aromatic heterocycles. The summed E-state index contributed by atoms with van der Waals surface area (Å²) >= 11 is 0. The van der Waals surface area contributed by atoms with Crippen molar-refractivity contribution in [2.45, 2.75) is 53.1 Å². The molecule has 0 aliphatic heterocycles. The number of nitrogens with one attached hydrogen (secondary N) is 1. The van der Waals surface area contributed by atoms with Gasteiger partial charge in [-0.25, -0.2) is 19.8 Å². The smallest absolute Gasteiger partial charge is 0.341 e. The van der Waals surface area contributed by atoms with E-state index in [9.17, 15) is 4.79 Å². The highest BCUT2D eigenvalue weighted by molar-refractivity contribution is 6.04. The summed E-state index contributed by atoms with van der Waals surface area (Å²) in [6.45, 7) is 8.95. The average molecular weight is 432 g/mol. The number of nitrogen functional groups attached to an aromatic ring is 1. The van der Waals surface area contributed by atoms with Crippen LogP contribution in [0.15, 0.2) is 18.3 Å². The molecule has 0 saturated carbocycles. The summed E-state index contributed by atoms with van der Waals surface area (Å²) in [7, 11) is 1.50. The number of aryl methyl sites for hydroxylation is 2. The second-order valence-corrected chi connectivity index (χ2v) is 7.29. The zero-order chi connectivity index (χ0) is 23.0. The van der Waals surface area contributed by atoms with E-state index in [1.807, 2.05) is 32.9 Å². The lowest BCUT2D eigenvalue weighted by Crippen LogP contribution is -2.42. The van der Waals surface area contributed by atoms with Crippen molar-refractivity contribution in [3.63, 3.8) is 0 Å². The fourth-order valence-electron chi connectivity index (χ4n) is 3.23. The first-order chi connectivity index (χ1) is 14.8. The standard InChI is InChI=1S/C19H27N7O2.C2H6O/c1-12(2)22-19(27)26(28-4)11-6-5-10-25-13(3)23-16-17(25)15-14(24-18(16)20)8-7-9-21-15;1-2-3/h7-9,12H,5-6,10-11H2,1-4H3,(H2,20,24)(H,22,27);3H,2H2,1H3. The summed E-state index contributed by atoms with van der Waals surface area (Å²) in [5, 5.41) is 11.7. The van der Waals surface area contributed by atoms with Crippen molar-refractivity contribution >= 4 is 33.9 Å². The second-order valence-electron chi connectivity index (χ2n) is 7.29. The number of nitrogens with two attached hydrogens (primary N) is 1. The van der Waals surface area contributed by atoms with Gasteiger partial charge in [0, 0.05) is 25.4 Å². The fourth-order valence-corrected chi connectivity index (χ4v) is 3.23. The van der Waals surface area contributed by atoms with Crippen LogP contribution in [0.2, 0.25) is 0 Å². The lowest BCUT2D eigenvalue weighted by atomic mass is 10.2. The van der Waals surface area contributed by atoms with E-state index in [2.05, 4.69) is 24.8 Å². The van der Waals surface area contributed by atoms with Gasteiger partial charge in [-0.3, -0.25) is 9.82 Å². The summed E-state index contributed by atoms with van der Waals surface area (Å²) in [5.74, 6) is 1.27. The molecule has 0 aromatic carbocycles. The summed E-state index contributed by atoms with van der Waals surface area (Å²) in [4.78, 5) is 30.7. The van der Waals surface area contributed by atoms with Crippen LogP contribution in [0, 0.1) is 6.92 Å². The van der Waals surface area contributed by atoms with E-state index in [4.69, 9.17) is 15.7 Å². The first kappa shape index (κ1) is 24.3. The van der Waals surface area contributed by atoms with Gasteiger partial charge in [0.05, 0.1) is 19.2 Å². The van der Waals surface area contributed by atoms with Crippen LogP contribution in [0.1, 0.15) is 39.4 Å². The van der Waals surface area contributed by atoms with E-state index in [1.54, 1.807) is 13.1 Å². The minimum Gasteiger partial charge on any atom is -0.397 e. The number of hydroxylamine groups is 2. The van der Waals surface area contributed by atoms with E-state index in [1.165, 1.54) is 12.2 Å². The molecule has 0 aliphatic carbocycles. The number of hydrogen-bond donors (Lipinski definition) is 3. The van der Waals surface area contributed by atoms with Crippen molar-refractivity contribution in [3.8, 4) is 0 Å². The average Bonchev–Trinajstić information content (AvgIpc) is 3.05. The maximum absolute atomic E-state index is 12.1. The Morgan fingerprint density at radius 2 is 2.03 bits per heavy atom. The number of carbonyl (C=O) groups is 1. The quantitative estimate of drug-likeness (QED) is 0.387. The van der Waals surface area contributed by atoms with Crippen LogP contribution in [0.4, 0.5) is 10.6 Å². The van der Waals surface area contributed by atoms with Crippen molar-refractivity contribution in [2.24, 2.45) is 0 Å². The highest BCUT2D eigenvalue weighted by Gasteiger charge is 2.17. The number of hydrogen-bond acceptors (Lipinski definition) is 7. The van der Waals surface area contributed by atoms with Crippen LogP contribution in [0.5, 0.6) is 0 Å². The Morgan fingerprint density at radius 1 is 1.32 bits per heavy atom. The van der Waals surface area contributed by atoms with Gasteiger partial charge in [-0.05, 0) is 52.7 Å². The molecule has 10 nitrogen and oxygen atoms in total. The van der Waals surface area contributed by atoms with Crippen LogP contribution in [0.25, 0.3) is 22.1 Å². The predicted molar refractivity (Wildman–Crippen MR) is 121 cm³/mol. The van der Waals surface area contributed by atoms with Crippen LogP contribution in [-0.2, 0) is 11.4 Å². The molecule has 10 heteroatoms. The zero-order valence-electron chi connectivity index (χ0n) is 18.9. The summed E-state index contributed by atoms with van der Waals surface area (Å²) in [6, 6.07) is 3.57. The molecule has 0 spiro atoms. The first-order valence-corrected chi connectivity index (χ1v) is 10.4. The number of carbonyl (C=O) groups excluding carboxylic acids is 1. The molecule has 0 atom stereocenters. The molecule has 31 heavy (non-hydrogen) atoms. The van der Waals surface area contributed by atoms with Crippen LogP contribution >= 0.6 is 0 Å². The third-order valence-electron chi connectivity index (χ3n) is 4.50. The maximum atomic E-state index is 12.1. The van der Waals surface area contributed by atoms with Crippen molar-refractivity contribution < 1.29 is 14.7 Å². The van der Waals surface area contributed by atoms with Crippen molar-refractivity contribution in [3.05, 3.63) is 24.2 Å². The molecular formula is C21H33N7O3. The Bertz CT molecular complexity index is 1000. The molecule has 0 fully saturated rings. The van der Waals surface area contributed by atoms with E-state index in [0.29, 0.717) is 17.9 Å². The van der Waals surface area contributed by atoms with Gasteiger partial charge in [-0.1, -0.05) is 0 Å². The molecule has 0 bridgehead atoms. The van der Waals surface area contributed by atoms with E-state index in [-0.39, 0.29) is 18.7 Å². The Labute approximate surface area is 182 Å². The number of pyridine rings is 2. The van der Waals surface area contributed by atoms with Gasteiger partial charge in [0.1, 0.15) is 22.4 Å². The van der Waals surface area contributed by atoms with Gasteiger partial charge in [0.15, 0.2) is 5.82 Å². The molecule has 0 aliphatic rings. The number of nitrogens with zero attached hydrogens (tertiary/aromatic N) is 5. The molecule has 3 heterocycles. The van der Waals surface area contributed by atoms with E-state index >= 15 is 0 Å². The lowest BCUT2D eigenvalue weighted by molar-refractivity contribution is -0.0874. The van der Waals surface area contributed by atoms with Crippen LogP contribution in [0.3, 0.4) is 0 Å². The third kappa shape index (κ3) is 6.02. The first-order valence-electron chi connectivity index (χ1n) is 10.4. The van der Waals surface area contributed by atoms with Gasteiger partial charge in [-0.2, -0.15) is 0 Å². The highest BCUT2D eigenvalue weighted by Crippen LogP contribution is 2.27. The van der Waals surface area contributed by atoms with Crippen LogP contribution < -0.4 is 11.1 Å². The minimum absolute atomic E-state index is 0.0601. The molecule has 4 N–H and O–H groups in total. The minimum atomic E-state index is -0.226. The number of fused-ring (bicyclic) bond motifs is 3. The predicted octanol–water partition coefficient (Wildman–Crippen LogP) is 2.63.